The minimum atomic E-state index is -0.184. The zero-order chi connectivity index (χ0) is 17.1. The van der Waals surface area contributed by atoms with Gasteiger partial charge in [-0.3, -0.25) is 9.69 Å². The fourth-order valence-corrected chi connectivity index (χ4v) is 2.69. The predicted molar refractivity (Wildman–Crippen MR) is 95.4 cm³/mol. The van der Waals surface area contributed by atoms with Crippen LogP contribution in [0.1, 0.15) is 11.1 Å². The van der Waals surface area contributed by atoms with Gasteiger partial charge in [0.05, 0.1) is 13.7 Å². The molecule has 0 radical (unpaired) electrons. The van der Waals surface area contributed by atoms with Crippen molar-refractivity contribution in [1.82, 2.24) is 10.2 Å². The molecule has 24 heavy (non-hydrogen) atoms. The van der Waals surface area contributed by atoms with E-state index in [-0.39, 0.29) is 11.7 Å². The molecule has 0 saturated carbocycles. The van der Waals surface area contributed by atoms with Gasteiger partial charge in [0.2, 0.25) is 0 Å². The van der Waals surface area contributed by atoms with Crippen LogP contribution in [0.2, 0.25) is 0 Å². The molecule has 1 heterocycles. The number of thiocarbonyl (C=S) groups is 1. The molecule has 2 N–H and O–H groups in total. The maximum Gasteiger partial charge on any atom is 0.276 e. The Labute approximate surface area is 145 Å². The number of phenolic OH excluding ortho intramolecular Hbond substituents is 1. The van der Waals surface area contributed by atoms with Crippen molar-refractivity contribution in [2.45, 2.75) is 6.54 Å². The summed E-state index contributed by atoms with van der Waals surface area (Å²) in [5.74, 6) is 0.209. The number of aromatic hydroxyl groups is 1. The third-order valence-electron chi connectivity index (χ3n) is 3.66. The van der Waals surface area contributed by atoms with E-state index in [9.17, 15) is 9.90 Å². The van der Waals surface area contributed by atoms with Crippen LogP contribution >= 0.6 is 12.2 Å². The Morgan fingerprint density at radius 2 is 2.00 bits per heavy atom. The fraction of sp³-hybridized carbons (Fsp3) is 0.111. The first kappa shape index (κ1) is 16.0. The van der Waals surface area contributed by atoms with Crippen LogP contribution in [0.15, 0.2) is 54.2 Å². The van der Waals surface area contributed by atoms with Gasteiger partial charge in [-0.15, -0.1) is 0 Å². The molecule has 1 aliphatic heterocycles. The van der Waals surface area contributed by atoms with Gasteiger partial charge in [0, 0.05) is 0 Å². The number of hydrogen-bond acceptors (Lipinski definition) is 4. The van der Waals surface area contributed by atoms with Gasteiger partial charge in [0.15, 0.2) is 16.6 Å². The molecule has 1 fully saturated rings. The first-order valence-corrected chi connectivity index (χ1v) is 7.75. The number of ether oxygens (including phenoxy) is 1. The molecule has 0 unspecified atom stereocenters. The van der Waals surface area contributed by atoms with E-state index in [1.54, 1.807) is 18.2 Å². The van der Waals surface area contributed by atoms with Gasteiger partial charge in [-0.25, -0.2) is 0 Å². The normalized spacial score (nSPS) is 15.7. The number of methoxy groups -OCH3 is 1. The van der Waals surface area contributed by atoms with Crippen molar-refractivity contribution in [2.24, 2.45) is 0 Å². The third kappa shape index (κ3) is 3.23. The molecule has 5 nitrogen and oxygen atoms in total. The molecule has 1 aliphatic rings. The molecule has 0 bridgehead atoms. The molecule has 0 aliphatic carbocycles. The summed E-state index contributed by atoms with van der Waals surface area (Å²) in [4.78, 5) is 14.1. The van der Waals surface area contributed by atoms with Gasteiger partial charge >= 0.3 is 0 Å². The van der Waals surface area contributed by atoms with Gasteiger partial charge in [-0.1, -0.05) is 36.4 Å². The van der Waals surface area contributed by atoms with Crippen LogP contribution in [0, 0.1) is 0 Å². The smallest absolute Gasteiger partial charge is 0.276 e. The fourth-order valence-electron chi connectivity index (χ4n) is 2.43. The number of rotatable bonds is 4. The highest BCUT2D eigenvalue weighted by Gasteiger charge is 2.30. The van der Waals surface area contributed by atoms with E-state index in [1.807, 2.05) is 30.3 Å². The lowest BCUT2D eigenvalue weighted by atomic mass is 10.1. The van der Waals surface area contributed by atoms with Crippen molar-refractivity contribution < 1.29 is 14.6 Å². The van der Waals surface area contributed by atoms with Crippen LogP contribution < -0.4 is 10.1 Å². The van der Waals surface area contributed by atoms with E-state index in [0.717, 1.165) is 11.1 Å². The summed E-state index contributed by atoms with van der Waals surface area (Å²) >= 11 is 5.27. The largest absolute Gasteiger partial charge is 0.504 e. The number of benzene rings is 2. The maximum absolute atomic E-state index is 12.6. The summed E-state index contributed by atoms with van der Waals surface area (Å²) in [6.07, 6.45) is 1.68. The number of carbonyl (C=O) groups excluding carboxylic acids is 1. The quantitative estimate of drug-likeness (QED) is 0.662. The molecule has 122 valence electrons. The molecule has 1 amide bonds. The average Bonchev–Trinajstić information content (AvgIpc) is 2.85. The highest BCUT2D eigenvalue weighted by molar-refractivity contribution is 7.80. The second-order valence-electron chi connectivity index (χ2n) is 5.30. The molecule has 1 saturated heterocycles. The minimum Gasteiger partial charge on any atom is -0.504 e. The summed E-state index contributed by atoms with van der Waals surface area (Å²) in [5.41, 5.74) is 2.12. The highest BCUT2D eigenvalue weighted by Crippen LogP contribution is 2.27. The second-order valence-corrected chi connectivity index (χ2v) is 5.68. The van der Waals surface area contributed by atoms with E-state index >= 15 is 0 Å². The molecule has 2 aromatic carbocycles. The molecule has 2 aromatic rings. The van der Waals surface area contributed by atoms with Crippen LogP contribution in [0.25, 0.3) is 6.08 Å². The van der Waals surface area contributed by atoms with E-state index in [4.69, 9.17) is 17.0 Å². The zero-order valence-electron chi connectivity index (χ0n) is 13.0. The van der Waals surface area contributed by atoms with Gasteiger partial charge in [0.1, 0.15) is 5.70 Å². The standard InChI is InChI=1S/C18H16N2O3S/c1-23-16-10-13(7-8-15(16)21)9-14-17(22)20(18(24)19-14)11-12-5-3-2-4-6-12/h2-10,21H,11H2,1H3,(H,19,24)/b14-9+. The van der Waals surface area contributed by atoms with Crippen molar-refractivity contribution in [3.05, 3.63) is 65.4 Å². The number of phenols is 1. The SMILES string of the molecule is COc1cc(/C=C2/NC(=S)N(Cc3ccccc3)C2=O)ccc1O. The Morgan fingerprint density at radius 1 is 1.25 bits per heavy atom. The van der Waals surface area contributed by atoms with Crippen LogP contribution in [0.4, 0.5) is 0 Å². The zero-order valence-corrected chi connectivity index (χ0v) is 13.8. The molecule has 3 rings (SSSR count). The van der Waals surface area contributed by atoms with E-state index in [0.29, 0.717) is 23.1 Å². The second kappa shape index (κ2) is 6.72. The Hall–Kier alpha value is -2.86. The summed E-state index contributed by atoms with van der Waals surface area (Å²) in [6, 6.07) is 14.5. The Kier molecular flexibility index (Phi) is 4.48. The summed E-state index contributed by atoms with van der Waals surface area (Å²) in [6.45, 7) is 0.418. The van der Waals surface area contributed by atoms with Crippen molar-refractivity contribution in [3.63, 3.8) is 0 Å². The van der Waals surface area contributed by atoms with E-state index in [2.05, 4.69) is 5.32 Å². The lowest BCUT2D eigenvalue weighted by Gasteiger charge is -2.13. The molecular weight excluding hydrogens is 324 g/mol. The molecule has 6 heteroatoms. The van der Waals surface area contributed by atoms with Crippen molar-refractivity contribution in [2.75, 3.05) is 7.11 Å². The van der Waals surface area contributed by atoms with Crippen LogP contribution in [-0.2, 0) is 11.3 Å². The summed E-state index contributed by atoms with van der Waals surface area (Å²) in [7, 11) is 1.47. The first-order valence-electron chi connectivity index (χ1n) is 7.34. The summed E-state index contributed by atoms with van der Waals surface area (Å²) in [5, 5.41) is 13.0. The molecule has 0 atom stereocenters. The average molecular weight is 340 g/mol. The van der Waals surface area contributed by atoms with Crippen LogP contribution in [0.3, 0.4) is 0 Å². The molecule has 0 spiro atoms. The van der Waals surface area contributed by atoms with Crippen molar-refractivity contribution in [1.29, 1.82) is 0 Å². The number of hydrogen-bond donors (Lipinski definition) is 2. The van der Waals surface area contributed by atoms with Gasteiger partial charge < -0.3 is 15.2 Å². The van der Waals surface area contributed by atoms with E-state index in [1.165, 1.54) is 18.1 Å². The van der Waals surface area contributed by atoms with Crippen molar-refractivity contribution in [3.8, 4) is 11.5 Å². The Morgan fingerprint density at radius 3 is 2.71 bits per heavy atom. The number of nitrogens with one attached hydrogen (secondary N) is 1. The highest BCUT2D eigenvalue weighted by atomic mass is 32.1. The van der Waals surface area contributed by atoms with Crippen molar-refractivity contribution >= 4 is 29.3 Å². The van der Waals surface area contributed by atoms with Crippen LogP contribution in [-0.4, -0.2) is 28.1 Å². The lowest BCUT2D eigenvalue weighted by molar-refractivity contribution is -0.122. The monoisotopic (exact) mass is 340 g/mol. The first-order chi connectivity index (χ1) is 11.6. The predicted octanol–water partition coefficient (Wildman–Crippen LogP) is 2.66. The lowest BCUT2D eigenvalue weighted by Crippen LogP contribution is -2.29. The van der Waals surface area contributed by atoms with Gasteiger partial charge in [-0.05, 0) is 41.6 Å². The van der Waals surface area contributed by atoms with Gasteiger partial charge in [-0.2, -0.15) is 0 Å². The number of carbonyl (C=O) groups is 1. The maximum atomic E-state index is 12.6. The topological polar surface area (TPSA) is 61.8 Å². The Balaban J connectivity index is 1.83. The number of amides is 1. The Bertz CT molecular complexity index is 818. The molecule has 0 aromatic heterocycles. The molecular formula is C18H16N2O3S. The van der Waals surface area contributed by atoms with Crippen LogP contribution in [0.5, 0.6) is 11.5 Å². The van der Waals surface area contributed by atoms with Gasteiger partial charge in [0.25, 0.3) is 5.91 Å². The van der Waals surface area contributed by atoms with E-state index < -0.39 is 0 Å². The number of nitrogens with zero attached hydrogens (tertiary/aromatic N) is 1. The summed E-state index contributed by atoms with van der Waals surface area (Å²) < 4.78 is 5.08. The minimum absolute atomic E-state index is 0.0478. The third-order valence-corrected chi connectivity index (χ3v) is 3.98.